The van der Waals surface area contributed by atoms with E-state index in [1.165, 1.54) is 18.2 Å². The number of nitrogens with one attached hydrogen (secondary N) is 1. The van der Waals surface area contributed by atoms with Crippen molar-refractivity contribution in [3.05, 3.63) is 47.5 Å². The average molecular weight is 383 g/mol. The number of phenolic OH excluding ortho intramolecular Hbond substituents is 2. The van der Waals surface area contributed by atoms with Gasteiger partial charge in [-0.1, -0.05) is 6.07 Å². The van der Waals surface area contributed by atoms with Crippen LogP contribution >= 0.6 is 0 Å². The molecule has 1 amide bonds. The van der Waals surface area contributed by atoms with Gasteiger partial charge in [-0.3, -0.25) is 4.79 Å². The highest BCUT2D eigenvalue weighted by molar-refractivity contribution is 6.03. The topological polar surface area (TPSA) is 120 Å². The number of anilines is 1. The van der Waals surface area contributed by atoms with E-state index < -0.39 is 0 Å². The molecule has 1 aliphatic rings. The summed E-state index contributed by atoms with van der Waals surface area (Å²) in [6.45, 7) is 2.46. The first-order chi connectivity index (χ1) is 13.4. The highest BCUT2D eigenvalue weighted by Gasteiger charge is 2.30. The van der Waals surface area contributed by atoms with Crippen LogP contribution in [0.15, 0.2) is 36.4 Å². The second-order valence-corrected chi connectivity index (χ2v) is 7.01. The predicted octanol–water partition coefficient (Wildman–Crippen LogP) is 3.14. The molecule has 7 nitrogen and oxygen atoms in total. The number of piperidine rings is 1. The molecule has 148 valence electrons. The van der Waals surface area contributed by atoms with Gasteiger partial charge in [0.15, 0.2) is 0 Å². The number of phenols is 2. The summed E-state index contributed by atoms with van der Waals surface area (Å²) in [6, 6.07) is 9.00. The van der Waals surface area contributed by atoms with Crippen LogP contribution in [0.4, 0.5) is 5.69 Å². The number of benzene rings is 2. The van der Waals surface area contributed by atoms with Gasteiger partial charge in [-0.15, -0.1) is 0 Å². The van der Waals surface area contributed by atoms with Crippen molar-refractivity contribution in [1.29, 1.82) is 5.41 Å². The number of carbonyl (C=O) groups is 1. The summed E-state index contributed by atoms with van der Waals surface area (Å²) in [4.78, 5) is 14.7. The number of nitrogens with zero attached hydrogens (tertiary/aromatic N) is 1. The molecular weight excluding hydrogens is 358 g/mol. The van der Waals surface area contributed by atoms with Gasteiger partial charge in [0.2, 0.25) is 0 Å². The van der Waals surface area contributed by atoms with Crippen LogP contribution in [-0.4, -0.2) is 45.9 Å². The van der Waals surface area contributed by atoms with Crippen LogP contribution < -0.4 is 10.5 Å². The van der Waals surface area contributed by atoms with E-state index in [4.69, 9.17) is 15.9 Å². The lowest BCUT2D eigenvalue weighted by Crippen LogP contribution is -2.46. The molecule has 5 N–H and O–H groups in total. The van der Waals surface area contributed by atoms with Crippen molar-refractivity contribution >= 4 is 17.3 Å². The molecule has 1 heterocycles. The highest BCUT2D eigenvalue weighted by Crippen LogP contribution is 2.29. The molecule has 1 saturated heterocycles. The third-order valence-electron chi connectivity index (χ3n) is 4.96. The fourth-order valence-corrected chi connectivity index (χ4v) is 3.55. The first-order valence-electron chi connectivity index (χ1n) is 9.28. The normalized spacial score (nSPS) is 16.6. The molecule has 1 unspecified atom stereocenters. The summed E-state index contributed by atoms with van der Waals surface area (Å²) >= 11 is 0. The number of rotatable bonds is 5. The third-order valence-corrected chi connectivity index (χ3v) is 4.96. The fraction of sp³-hybridized carbons (Fsp3) is 0.333. The summed E-state index contributed by atoms with van der Waals surface area (Å²) in [7, 11) is 0. The van der Waals surface area contributed by atoms with Crippen molar-refractivity contribution in [1.82, 2.24) is 4.90 Å². The Morgan fingerprint density at radius 1 is 1.29 bits per heavy atom. The Kier molecular flexibility index (Phi) is 5.73. The number of likely N-dealkylation sites (tertiary alicyclic amines) is 1. The van der Waals surface area contributed by atoms with E-state index in [9.17, 15) is 15.0 Å². The summed E-state index contributed by atoms with van der Waals surface area (Å²) in [5.74, 6) is -0.0502. The molecule has 3 rings (SSSR count). The van der Waals surface area contributed by atoms with Gasteiger partial charge in [-0.2, -0.15) is 0 Å². The van der Waals surface area contributed by atoms with Crippen LogP contribution in [0.5, 0.6) is 17.2 Å². The van der Waals surface area contributed by atoms with Crippen LogP contribution in [0.25, 0.3) is 0 Å². The van der Waals surface area contributed by atoms with E-state index in [0.29, 0.717) is 29.3 Å². The second kappa shape index (κ2) is 8.21. The third kappa shape index (κ3) is 4.03. The quantitative estimate of drug-likeness (QED) is 0.359. The molecule has 2 aromatic carbocycles. The van der Waals surface area contributed by atoms with Gasteiger partial charge in [0.05, 0.1) is 17.2 Å². The first kappa shape index (κ1) is 19.5. The molecule has 0 aromatic heterocycles. The number of aromatic hydroxyl groups is 2. The van der Waals surface area contributed by atoms with Gasteiger partial charge < -0.3 is 31.0 Å². The minimum absolute atomic E-state index is 0.0724. The van der Waals surface area contributed by atoms with E-state index >= 15 is 0 Å². The van der Waals surface area contributed by atoms with Crippen LogP contribution in [-0.2, 0) is 0 Å². The minimum atomic E-state index is -0.335. The van der Waals surface area contributed by atoms with Crippen molar-refractivity contribution in [2.45, 2.75) is 32.2 Å². The van der Waals surface area contributed by atoms with Gasteiger partial charge >= 0.3 is 0 Å². The van der Waals surface area contributed by atoms with Crippen molar-refractivity contribution < 1.29 is 19.7 Å². The fourth-order valence-electron chi connectivity index (χ4n) is 3.55. The predicted molar refractivity (Wildman–Crippen MR) is 107 cm³/mol. The SMILES string of the molecule is CC(=N)c1c(N)cccc1OCC1CCCCN1C(=O)c1cc(O)ccc1O. The van der Waals surface area contributed by atoms with E-state index in [2.05, 4.69) is 0 Å². The number of hydrogen-bond acceptors (Lipinski definition) is 6. The summed E-state index contributed by atoms with van der Waals surface area (Å²) in [6.07, 6.45) is 2.61. The maximum absolute atomic E-state index is 13.0. The average Bonchev–Trinajstić information content (AvgIpc) is 2.67. The van der Waals surface area contributed by atoms with Crippen molar-refractivity contribution in [3.8, 4) is 17.2 Å². The molecule has 28 heavy (non-hydrogen) atoms. The van der Waals surface area contributed by atoms with Crippen LogP contribution in [0.3, 0.4) is 0 Å². The Morgan fingerprint density at radius 3 is 2.82 bits per heavy atom. The van der Waals surface area contributed by atoms with Crippen molar-refractivity contribution in [2.75, 3.05) is 18.9 Å². The van der Waals surface area contributed by atoms with Crippen molar-refractivity contribution in [2.24, 2.45) is 0 Å². The smallest absolute Gasteiger partial charge is 0.258 e. The molecule has 0 radical (unpaired) electrons. The maximum Gasteiger partial charge on any atom is 0.258 e. The van der Waals surface area contributed by atoms with Crippen LogP contribution in [0, 0.1) is 5.41 Å². The van der Waals surface area contributed by atoms with E-state index in [-0.39, 0.29) is 35.6 Å². The molecule has 2 aromatic rings. The van der Waals surface area contributed by atoms with Gasteiger partial charge in [0.25, 0.3) is 5.91 Å². The Bertz CT molecular complexity index is 897. The number of nitrogen functional groups attached to an aromatic ring is 1. The molecule has 0 aliphatic carbocycles. The molecule has 1 aliphatic heterocycles. The number of ether oxygens (including phenoxy) is 1. The Labute approximate surface area is 163 Å². The lowest BCUT2D eigenvalue weighted by atomic mass is 10.0. The standard InChI is InChI=1S/C21H25N3O4/c1-13(22)20-17(23)6-4-7-19(20)28-12-14-5-2-3-10-24(14)21(27)16-11-15(25)8-9-18(16)26/h4,6-9,11,14,22,25-26H,2-3,5,10,12,23H2,1H3. The second-order valence-electron chi connectivity index (χ2n) is 7.01. The van der Waals surface area contributed by atoms with E-state index in [0.717, 1.165) is 19.3 Å². The number of amides is 1. The van der Waals surface area contributed by atoms with Crippen LogP contribution in [0.2, 0.25) is 0 Å². The molecular formula is C21H25N3O4. The van der Waals surface area contributed by atoms with E-state index in [1.807, 2.05) is 0 Å². The lowest BCUT2D eigenvalue weighted by Gasteiger charge is -2.36. The Balaban J connectivity index is 1.79. The minimum Gasteiger partial charge on any atom is -0.508 e. The van der Waals surface area contributed by atoms with Gasteiger partial charge in [-0.05, 0) is 56.5 Å². The molecule has 0 saturated carbocycles. The van der Waals surface area contributed by atoms with Crippen molar-refractivity contribution in [3.63, 3.8) is 0 Å². The monoisotopic (exact) mass is 383 g/mol. The summed E-state index contributed by atoms with van der Waals surface area (Å²) < 4.78 is 5.96. The zero-order chi connectivity index (χ0) is 20.3. The number of hydrogen-bond donors (Lipinski definition) is 4. The Morgan fingerprint density at radius 2 is 2.07 bits per heavy atom. The summed E-state index contributed by atoms with van der Waals surface area (Å²) in [5, 5.41) is 27.6. The largest absolute Gasteiger partial charge is 0.508 e. The Hall–Kier alpha value is -3.22. The molecule has 0 bridgehead atoms. The molecule has 0 spiro atoms. The zero-order valence-corrected chi connectivity index (χ0v) is 15.8. The van der Waals surface area contributed by atoms with Gasteiger partial charge in [-0.25, -0.2) is 0 Å². The van der Waals surface area contributed by atoms with Crippen LogP contribution in [0.1, 0.15) is 42.1 Å². The highest BCUT2D eigenvalue weighted by atomic mass is 16.5. The number of carbonyl (C=O) groups excluding carboxylic acids is 1. The molecule has 1 fully saturated rings. The molecule has 1 atom stereocenters. The zero-order valence-electron chi connectivity index (χ0n) is 15.8. The first-order valence-corrected chi connectivity index (χ1v) is 9.28. The number of nitrogens with two attached hydrogens (primary N) is 1. The molecule has 7 heteroatoms. The lowest BCUT2D eigenvalue weighted by molar-refractivity contribution is 0.0525. The van der Waals surface area contributed by atoms with Gasteiger partial charge in [0.1, 0.15) is 23.9 Å². The maximum atomic E-state index is 13.0. The van der Waals surface area contributed by atoms with Gasteiger partial charge in [0, 0.05) is 17.9 Å². The summed E-state index contributed by atoms with van der Waals surface area (Å²) in [5.41, 5.74) is 7.40. The van der Waals surface area contributed by atoms with E-state index in [1.54, 1.807) is 30.0 Å².